The smallest absolute Gasteiger partial charge is 0.240 e. The first-order valence-corrected chi connectivity index (χ1v) is 9.06. The molecule has 1 aliphatic rings. The van der Waals surface area contributed by atoms with Crippen molar-refractivity contribution in [3.8, 4) is 0 Å². The van der Waals surface area contributed by atoms with Crippen LogP contribution >= 0.6 is 0 Å². The van der Waals surface area contributed by atoms with Crippen LogP contribution in [0.1, 0.15) is 24.4 Å². The molecule has 0 bridgehead atoms. The van der Waals surface area contributed by atoms with Crippen molar-refractivity contribution >= 4 is 15.9 Å². The summed E-state index contributed by atoms with van der Waals surface area (Å²) in [5.41, 5.74) is 0.831. The fraction of sp³-hybridized carbons (Fsp3) is 0.235. The number of nitrogens with one attached hydrogen (secondary N) is 2. The standard InChI is InChI=1S/C17H17FN2O3S/c18-13-6-8-14(9-7-13)24(22,23)20-15-10-11-16(21)19-17(15)12-4-2-1-3-5-12/h1-9,15,17,20H,10-11H2,(H,19,21)/t15-,17+/m1/s1. The Morgan fingerprint density at radius 3 is 2.38 bits per heavy atom. The van der Waals surface area contributed by atoms with Crippen molar-refractivity contribution in [3.63, 3.8) is 0 Å². The highest BCUT2D eigenvalue weighted by atomic mass is 32.2. The second-order valence-electron chi connectivity index (χ2n) is 5.68. The van der Waals surface area contributed by atoms with Crippen molar-refractivity contribution in [2.45, 2.75) is 29.8 Å². The minimum Gasteiger partial charge on any atom is -0.348 e. The molecule has 24 heavy (non-hydrogen) atoms. The number of hydrogen-bond donors (Lipinski definition) is 2. The summed E-state index contributed by atoms with van der Waals surface area (Å²) in [6.45, 7) is 0. The number of sulfonamides is 1. The number of hydrogen-bond acceptors (Lipinski definition) is 3. The maximum absolute atomic E-state index is 13.0. The summed E-state index contributed by atoms with van der Waals surface area (Å²) in [7, 11) is -3.80. The molecule has 5 nitrogen and oxygen atoms in total. The molecule has 1 fully saturated rings. The molecule has 1 aliphatic heterocycles. The van der Waals surface area contributed by atoms with Gasteiger partial charge in [-0.25, -0.2) is 17.5 Å². The molecule has 1 saturated heterocycles. The van der Waals surface area contributed by atoms with Crippen molar-refractivity contribution in [2.75, 3.05) is 0 Å². The molecule has 0 radical (unpaired) electrons. The zero-order valence-electron chi connectivity index (χ0n) is 12.8. The second-order valence-corrected chi connectivity index (χ2v) is 7.39. The van der Waals surface area contributed by atoms with E-state index < -0.39 is 27.9 Å². The molecule has 1 amide bonds. The van der Waals surface area contributed by atoms with Gasteiger partial charge in [-0.1, -0.05) is 30.3 Å². The quantitative estimate of drug-likeness (QED) is 0.889. The Bertz CT molecular complexity index is 823. The van der Waals surface area contributed by atoms with Crippen LogP contribution in [0, 0.1) is 5.82 Å². The van der Waals surface area contributed by atoms with Gasteiger partial charge in [0.05, 0.1) is 10.9 Å². The molecule has 1 heterocycles. The molecule has 0 saturated carbocycles. The largest absolute Gasteiger partial charge is 0.348 e. The Hall–Kier alpha value is -2.25. The summed E-state index contributed by atoms with van der Waals surface area (Å²) >= 11 is 0. The van der Waals surface area contributed by atoms with Gasteiger partial charge in [0.1, 0.15) is 5.82 Å². The number of amides is 1. The predicted molar refractivity (Wildman–Crippen MR) is 87.1 cm³/mol. The second kappa shape index (κ2) is 6.70. The average Bonchev–Trinajstić information content (AvgIpc) is 2.57. The molecule has 0 aliphatic carbocycles. The summed E-state index contributed by atoms with van der Waals surface area (Å²) in [5.74, 6) is -0.609. The van der Waals surface area contributed by atoms with Crippen molar-refractivity contribution in [1.29, 1.82) is 0 Å². The van der Waals surface area contributed by atoms with Crippen LogP contribution in [0.5, 0.6) is 0 Å². The van der Waals surface area contributed by atoms with Crippen molar-refractivity contribution in [2.24, 2.45) is 0 Å². The van der Waals surface area contributed by atoms with Gasteiger partial charge in [-0.15, -0.1) is 0 Å². The molecule has 0 unspecified atom stereocenters. The highest BCUT2D eigenvalue weighted by molar-refractivity contribution is 7.89. The zero-order chi connectivity index (χ0) is 17.2. The fourth-order valence-electron chi connectivity index (χ4n) is 2.78. The molecule has 0 aromatic heterocycles. The number of carbonyl (C=O) groups is 1. The lowest BCUT2D eigenvalue weighted by molar-refractivity contribution is -0.123. The number of rotatable bonds is 4. The first-order chi connectivity index (χ1) is 11.5. The van der Waals surface area contributed by atoms with Gasteiger partial charge >= 0.3 is 0 Å². The van der Waals surface area contributed by atoms with Crippen LogP contribution in [0.4, 0.5) is 4.39 Å². The van der Waals surface area contributed by atoms with Gasteiger partial charge in [-0.3, -0.25) is 4.79 Å². The maximum atomic E-state index is 13.0. The number of benzene rings is 2. The Morgan fingerprint density at radius 1 is 1.04 bits per heavy atom. The minimum absolute atomic E-state index is 0.00684. The van der Waals surface area contributed by atoms with Gasteiger partial charge in [0.25, 0.3) is 0 Å². The first-order valence-electron chi connectivity index (χ1n) is 7.58. The summed E-state index contributed by atoms with van der Waals surface area (Å²) in [6.07, 6.45) is 0.645. The Labute approximate surface area is 139 Å². The van der Waals surface area contributed by atoms with Crippen LogP contribution in [0.2, 0.25) is 0 Å². The molecule has 126 valence electrons. The third-order valence-electron chi connectivity index (χ3n) is 3.99. The van der Waals surface area contributed by atoms with Crippen molar-refractivity contribution < 1.29 is 17.6 Å². The fourth-order valence-corrected chi connectivity index (χ4v) is 4.07. The van der Waals surface area contributed by atoms with Crippen LogP contribution in [-0.4, -0.2) is 20.4 Å². The van der Waals surface area contributed by atoms with Crippen molar-refractivity contribution in [3.05, 3.63) is 66.0 Å². The molecular weight excluding hydrogens is 331 g/mol. The van der Waals surface area contributed by atoms with Gasteiger partial charge < -0.3 is 5.32 Å². The lowest BCUT2D eigenvalue weighted by Crippen LogP contribution is -2.50. The lowest BCUT2D eigenvalue weighted by atomic mass is 9.93. The molecular formula is C17H17FN2O3S. The lowest BCUT2D eigenvalue weighted by Gasteiger charge is -2.33. The molecule has 2 N–H and O–H groups in total. The van der Waals surface area contributed by atoms with E-state index in [9.17, 15) is 17.6 Å². The van der Waals surface area contributed by atoms with Gasteiger partial charge in [0.2, 0.25) is 15.9 Å². The number of halogens is 1. The van der Waals surface area contributed by atoms with Crippen LogP contribution in [0.15, 0.2) is 59.5 Å². The summed E-state index contributed by atoms with van der Waals surface area (Å²) in [6, 6.07) is 12.9. The molecule has 7 heteroatoms. The molecule has 2 aromatic rings. The Morgan fingerprint density at radius 2 is 1.71 bits per heavy atom. The van der Waals surface area contributed by atoms with E-state index in [4.69, 9.17) is 0 Å². The number of piperidine rings is 1. The third-order valence-corrected chi connectivity index (χ3v) is 5.50. The van der Waals surface area contributed by atoms with Crippen molar-refractivity contribution in [1.82, 2.24) is 10.0 Å². The average molecular weight is 348 g/mol. The maximum Gasteiger partial charge on any atom is 0.240 e. The number of carbonyl (C=O) groups excluding carboxylic acids is 1. The topological polar surface area (TPSA) is 75.3 Å². The van der Waals surface area contributed by atoms with E-state index in [0.717, 1.165) is 17.7 Å². The van der Waals surface area contributed by atoms with Crippen LogP contribution < -0.4 is 10.0 Å². The first kappa shape index (κ1) is 16.6. The highest BCUT2D eigenvalue weighted by Gasteiger charge is 2.33. The minimum atomic E-state index is -3.80. The molecule has 3 rings (SSSR count). The Balaban J connectivity index is 1.86. The summed E-state index contributed by atoms with van der Waals surface area (Å²) < 4.78 is 40.7. The zero-order valence-corrected chi connectivity index (χ0v) is 13.6. The predicted octanol–water partition coefficient (Wildman–Crippen LogP) is 2.12. The van der Waals surface area contributed by atoms with Gasteiger partial charge in [0, 0.05) is 12.5 Å². The van der Waals surface area contributed by atoms with Crippen LogP contribution in [-0.2, 0) is 14.8 Å². The van der Waals surface area contributed by atoms with Gasteiger partial charge in [0.15, 0.2) is 0 Å². The van der Waals surface area contributed by atoms with E-state index in [2.05, 4.69) is 10.0 Å². The van der Waals surface area contributed by atoms with E-state index in [0.29, 0.717) is 6.42 Å². The van der Waals surface area contributed by atoms with E-state index in [1.54, 1.807) is 0 Å². The summed E-state index contributed by atoms with van der Waals surface area (Å²) in [4.78, 5) is 11.7. The van der Waals surface area contributed by atoms with Gasteiger partial charge in [-0.2, -0.15) is 0 Å². The van der Waals surface area contributed by atoms with Crippen LogP contribution in [0.25, 0.3) is 0 Å². The van der Waals surface area contributed by atoms with E-state index in [-0.39, 0.29) is 17.2 Å². The van der Waals surface area contributed by atoms with E-state index >= 15 is 0 Å². The monoisotopic (exact) mass is 348 g/mol. The summed E-state index contributed by atoms with van der Waals surface area (Å²) in [5, 5.41) is 2.84. The van der Waals surface area contributed by atoms with Gasteiger partial charge in [-0.05, 0) is 36.2 Å². The van der Waals surface area contributed by atoms with E-state index in [1.165, 1.54) is 12.1 Å². The van der Waals surface area contributed by atoms with Crippen LogP contribution in [0.3, 0.4) is 0 Å². The molecule has 2 aromatic carbocycles. The third kappa shape index (κ3) is 3.63. The van der Waals surface area contributed by atoms with E-state index in [1.807, 2.05) is 30.3 Å². The molecule has 2 atom stereocenters. The SMILES string of the molecule is O=C1CC[C@@H](NS(=O)(=O)c2ccc(F)cc2)[C@H](c2ccccc2)N1. The molecule has 0 spiro atoms. The normalized spacial score (nSPS) is 21.3. The highest BCUT2D eigenvalue weighted by Crippen LogP contribution is 2.25. The Kier molecular flexibility index (Phi) is 4.64.